The molecule has 2 aromatic rings. The van der Waals surface area contributed by atoms with E-state index in [1.165, 1.54) is 0 Å². The molecule has 0 aromatic heterocycles. The van der Waals surface area contributed by atoms with Crippen LogP contribution in [0.4, 0.5) is 10.1 Å². The second-order valence-corrected chi connectivity index (χ2v) is 4.65. The standard InChI is InChI=1S/C17H14FN3/c1-20-16(12-19)10-13-3-4-15-11-17(21(2)8-7-18)6-5-14(15)9-13/h3-6,9-11H,7-8H2,2H3/i18-1. The maximum atomic E-state index is 12.4. The molecule has 0 bridgehead atoms. The number of hydrogen-bond acceptors (Lipinski definition) is 2. The van der Waals surface area contributed by atoms with Gasteiger partial charge in [-0.2, -0.15) is 0 Å². The molecule has 21 heavy (non-hydrogen) atoms. The molecule has 0 fully saturated rings. The van der Waals surface area contributed by atoms with E-state index in [4.69, 9.17) is 11.8 Å². The van der Waals surface area contributed by atoms with Crippen molar-refractivity contribution in [3.63, 3.8) is 0 Å². The fourth-order valence-electron chi connectivity index (χ4n) is 2.08. The first-order valence-electron chi connectivity index (χ1n) is 6.48. The minimum atomic E-state index is -0.383. The molecule has 0 saturated heterocycles. The van der Waals surface area contributed by atoms with Gasteiger partial charge >= 0.3 is 0 Å². The predicted octanol–water partition coefficient (Wildman–Crippen LogP) is 4.03. The van der Waals surface area contributed by atoms with E-state index in [0.717, 1.165) is 22.0 Å². The Bertz CT molecular complexity index is 750. The van der Waals surface area contributed by atoms with Crippen LogP contribution in [0.5, 0.6) is 0 Å². The number of hydrogen-bond donors (Lipinski definition) is 0. The zero-order chi connectivity index (χ0) is 15.2. The van der Waals surface area contributed by atoms with Crippen molar-refractivity contribution in [1.29, 1.82) is 5.26 Å². The third kappa shape index (κ3) is 3.38. The molecule has 3 nitrogen and oxygen atoms in total. The summed E-state index contributed by atoms with van der Waals surface area (Å²) in [6.45, 7) is 6.87. The third-order valence-electron chi connectivity index (χ3n) is 3.25. The van der Waals surface area contributed by atoms with Crippen LogP contribution in [0.1, 0.15) is 5.56 Å². The molecule has 104 valence electrons. The van der Waals surface area contributed by atoms with Crippen LogP contribution in [0.3, 0.4) is 0 Å². The Morgan fingerprint density at radius 3 is 2.71 bits per heavy atom. The Morgan fingerprint density at radius 1 is 1.33 bits per heavy atom. The van der Waals surface area contributed by atoms with Gasteiger partial charge in [-0.1, -0.05) is 18.2 Å². The van der Waals surface area contributed by atoms with Crippen molar-refractivity contribution in [1.82, 2.24) is 0 Å². The van der Waals surface area contributed by atoms with Gasteiger partial charge in [0.1, 0.15) is 6.67 Å². The highest BCUT2D eigenvalue weighted by atomic mass is 18.2. The van der Waals surface area contributed by atoms with E-state index in [9.17, 15) is 4.39 Å². The third-order valence-corrected chi connectivity index (χ3v) is 3.25. The SMILES string of the molecule is [C-]#[N+]C(C#N)=Cc1ccc2cc(N(C)CC[18F])ccc2c1. The zero-order valence-electron chi connectivity index (χ0n) is 11.7. The summed E-state index contributed by atoms with van der Waals surface area (Å²) in [4.78, 5) is 5.01. The molecular formula is C17H14FN3. The Hall–Kier alpha value is -2.85. The van der Waals surface area contributed by atoms with Gasteiger partial charge in [0, 0.05) is 19.3 Å². The fraction of sp³-hybridized carbons (Fsp3) is 0.176. The number of benzene rings is 2. The number of alkyl halides is 1. The predicted molar refractivity (Wildman–Crippen MR) is 83.4 cm³/mol. The van der Waals surface area contributed by atoms with Crippen LogP contribution in [0.25, 0.3) is 21.7 Å². The van der Waals surface area contributed by atoms with Gasteiger partial charge in [0.05, 0.1) is 12.6 Å². The number of nitrogens with zero attached hydrogens (tertiary/aromatic N) is 3. The molecule has 0 aliphatic heterocycles. The van der Waals surface area contributed by atoms with Crippen LogP contribution < -0.4 is 4.90 Å². The summed E-state index contributed by atoms with van der Waals surface area (Å²) in [5.41, 5.74) is 1.84. The summed E-state index contributed by atoms with van der Waals surface area (Å²) in [5.74, 6) is 0. The highest BCUT2D eigenvalue weighted by molar-refractivity contribution is 5.88. The number of rotatable bonds is 4. The van der Waals surface area contributed by atoms with Crippen molar-refractivity contribution in [2.24, 2.45) is 0 Å². The van der Waals surface area contributed by atoms with Crippen LogP contribution in [0.2, 0.25) is 0 Å². The van der Waals surface area contributed by atoms with E-state index in [0.29, 0.717) is 6.54 Å². The molecule has 0 saturated carbocycles. The maximum Gasteiger partial charge on any atom is 0.262 e. The minimum absolute atomic E-state index is 0.0636. The van der Waals surface area contributed by atoms with Crippen molar-refractivity contribution < 1.29 is 4.39 Å². The van der Waals surface area contributed by atoms with Gasteiger partial charge in [-0.3, -0.25) is 0 Å². The monoisotopic (exact) mass is 278 g/mol. The lowest BCUT2D eigenvalue weighted by molar-refractivity contribution is 0.497. The largest absolute Gasteiger partial charge is 0.372 e. The molecule has 4 heteroatoms. The second-order valence-electron chi connectivity index (χ2n) is 4.65. The second kappa shape index (κ2) is 6.54. The van der Waals surface area contributed by atoms with Crippen molar-refractivity contribution in [3.05, 3.63) is 59.1 Å². The summed E-state index contributed by atoms with van der Waals surface area (Å²) < 4.78 is 12.4. The summed E-state index contributed by atoms with van der Waals surface area (Å²) in [5, 5.41) is 10.8. The van der Waals surface area contributed by atoms with Crippen LogP contribution in [0.15, 0.2) is 42.1 Å². The lowest BCUT2D eigenvalue weighted by atomic mass is 10.1. The molecule has 0 aliphatic carbocycles. The van der Waals surface area contributed by atoms with E-state index in [1.54, 1.807) is 6.08 Å². The van der Waals surface area contributed by atoms with Crippen LogP contribution in [0, 0.1) is 17.9 Å². The Labute approximate surface area is 123 Å². The number of fused-ring (bicyclic) bond motifs is 1. The van der Waals surface area contributed by atoms with Crippen LogP contribution in [-0.2, 0) is 0 Å². The van der Waals surface area contributed by atoms with E-state index < -0.39 is 0 Å². The van der Waals surface area contributed by atoms with E-state index in [1.807, 2.05) is 54.4 Å². The van der Waals surface area contributed by atoms with Gasteiger partial charge in [-0.15, -0.1) is 0 Å². The summed E-state index contributed by atoms with van der Waals surface area (Å²) in [6, 6.07) is 13.5. The Balaban J connectivity index is 2.39. The number of anilines is 1. The summed E-state index contributed by atoms with van der Waals surface area (Å²) >= 11 is 0. The molecule has 0 unspecified atom stereocenters. The van der Waals surface area contributed by atoms with Gasteiger partial charge in [0.25, 0.3) is 5.70 Å². The molecule has 2 rings (SSSR count). The maximum absolute atomic E-state index is 12.4. The number of nitriles is 1. The molecule has 0 radical (unpaired) electrons. The smallest absolute Gasteiger partial charge is 0.262 e. The first-order valence-corrected chi connectivity index (χ1v) is 6.48. The Kier molecular flexibility index (Phi) is 4.53. The molecule has 0 aliphatic rings. The van der Waals surface area contributed by atoms with Crippen LogP contribution in [-0.4, -0.2) is 20.3 Å². The van der Waals surface area contributed by atoms with Gasteiger partial charge in [-0.05, 0) is 40.6 Å². The highest BCUT2D eigenvalue weighted by Gasteiger charge is 2.03. The highest BCUT2D eigenvalue weighted by Crippen LogP contribution is 2.23. The zero-order valence-corrected chi connectivity index (χ0v) is 11.7. The normalized spacial score (nSPS) is 11.0. The number of halogens is 1. The minimum Gasteiger partial charge on any atom is -0.372 e. The van der Waals surface area contributed by atoms with Crippen molar-refractivity contribution >= 4 is 22.5 Å². The molecule has 0 amide bonds. The van der Waals surface area contributed by atoms with Gasteiger partial charge in [0.15, 0.2) is 0 Å². The lowest BCUT2D eigenvalue weighted by Gasteiger charge is -2.18. The first-order chi connectivity index (χ1) is 10.2. The molecule has 0 N–H and O–H groups in total. The van der Waals surface area contributed by atoms with Crippen LogP contribution >= 0.6 is 0 Å². The summed E-state index contributed by atoms with van der Waals surface area (Å²) in [7, 11) is 1.85. The summed E-state index contributed by atoms with van der Waals surface area (Å²) in [6.07, 6.45) is 1.57. The molecular weight excluding hydrogens is 264 g/mol. The topological polar surface area (TPSA) is 31.4 Å². The molecule has 0 spiro atoms. The molecule has 0 heterocycles. The fourth-order valence-corrected chi connectivity index (χ4v) is 2.08. The van der Waals surface area contributed by atoms with Gasteiger partial charge < -0.3 is 4.90 Å². The van der Waals surface area contributed by atoms with Gasteiger partial charge in [0.2, 0.25) is 0 Å². The van der Waals surface area contributed by atoms with E-state index >= 15 is 0 Å². The molecule has 2 aromatic carbocycles. The van der Waals surface area contributed by atoms with E-state index in [-0.39, 0.29) is 12.4 Å². The number of allylic oxidation sites excluding steroid dienone is 1. The Morgan fingerprint density at radius 2 is 2.05 bits per heavy atom. The molecule has 0 atom stereocenters. The quantitative estimate of drug-likeness (QED) is 0.624. The van der Waals surface area contributed by atoms with Crippen molar-refractivity contribution in [2.45, 2.75) is 0 Å². The average molecular weight is 278 g/mol. The van der Waals surface area contributed by atoms with E-state index in [2.05, 4.69) is 4.85 Å². The first kappa shape index (κ1) is 14.6. The lowest BCUT2D eigenvalue weighted by Crippen LogP contribution is -2.19. The average Bonchev–Trinajstić information content (AvgIpc) is 2.52. The van der Waals surface area contributed by atoms with Gasteiger partial charge in [-0.25, -0.2) is 14.5 Å². The van der Waals surface area contributed by atoms with Crippen molar-refractivity contribution in [2.75, 3.05) is 25.2 Å². The van der Waals surface area contributed by atoms with Crippen molar-refractivity contribution in [3.8, 4) is 6.07 Å².